The lowest BCUT2D eigenvalue weighted by Crippen LogP contribution is -2.11. The first kappa shape index (κ1) is 17.3. The van der Waals surface area contributed by atoms with Crippen LogP contribution in [0.1, 0.15) is 10.4 Å². The molecule has 4 aromatic rings. The SMILES string of the molecule is C=[N+]([O-])c1ccc2nc(-c3cccc(NC(=O)c4ccccc4)c3)n(O)c2c1. The van der Waals surface area contributed by atoms with Gasteiger partial charge in [0.05, 0.1) is 5.52 Å². The van der Waals surface area contributed by atoms with E-state index in [0.29, 0.717) is 44.1 Å². The highest BCUT2D eigenvalue weighted by molar-refractivity contribution is 6.04. The number of carbonyl (C=O) groups is 1. The number of anilines is 1. The topological polar surface area (TPSA) is 93.2 Å². The third-order valence-electron chi connectivity index (χ3n) is 4.32. The van der Waals surface area contributed by atoms with Gasteiger partial charge < -0.3 is 15.7 Å². The number of hydrogen-bond donors (Lipinski definition) is 2. The number of benzene rings is 3. The zero-order valence-electron chi connectivity index (χ0n) is 14.7. The molecule has 0 unspecified atom stereocenters. The molecule has 0 atom stereocenters. The van der Waals surface area contributed by atoms with E-state index in [2.05, 4.69) is 17.0 Å². The van der Waals surface area contributed by atoms with Gasteiger partial charge in [0.15, 0.2) is 5.82 Å². The van der Waals surface area contributed by atoms with Crippen LogP contribution >= 0.6 is 0 Å². The van der Waals surface area contributed by atoms with Gasteiger partial charge in [-0.15, -0.1) is 0 Å². The van der Waals surface area contributed by atoms with Crippen molar-refractivity contribution in [3.05, 3.63) is 83.6 Å². The van der Waals surface area contributed by atoms with Crippen molar-refractivity contribution >= 4 is 35.0 Å². The molecule has 4 rings (SSSR count). The van der Waals surface area contributed by atoms with Gasteiger partial charge >= 0.3 is 0 Å². The molecule has 28 heavy (non-hydrogen) atoms. The summed E-state index contributed by atoms with van der Waals surface area (Å²) in [6.45, 7) is 3.30. The van der Waals surface area contributed by atoms with Gasteiger partial charge in [-0.2, -0.15) is 9.47 Å². The molecule has 0 saturated heterocycles. The molecule has 0 bridgehead atoms. The fourth-order valence-corrected chi connectivity index (χ4v) is 2.92. The quantitative estimate of drug-likeness (QED) is 0.186. The average molecular weight is 372 g/mol. The number of nitrogens with zero attached hydrogens (tertiary/aromatic N) is 3. The summed E-state index contributed by atoms with van der Waals surface area (Å²) in [6.07, 6.45) is 0. The predicted octanol–water partition coefficient (Wildman–Crippen LogP) is 4.04. The van der Waals surface area contributed by atoms with E-state index in [4.69, 9.17) is 0 Å². The molecule has 138 valence electrons. The number of carbonyl (C=O) groups excluding carboxylic acids is 1. The Labute approximate surface area is 160 Å². The highest BCUT2D eigenvalue weighted by Gasteiger charge is 2.15. The van der Waals surface area contributed by atoms with Crippen LogP contribution in [-0.4, -0.2) is 32.3 Å². The summed E-state index contributed by atoms with van der Waals surface area (Å²) >= 11 is 0. The highest BCUT2D eigenvalue weighted by atomic mass is 16.5. The van der Waals surface area contributed by atoms with Gasteiger partial charge in [-0.3, -0.25) is 4.79 Å². The fraction of sp³-hybridized carbons (Fsp3) is 0. The molecule has 0 spiro atoms. The van der Waals surface area contributed by atoms with Crippen molar-refractivity contribution in [2.75, 3.05) is 5.32 Å². The van der Waals surface area contributed by atoms with Crippen LogP contribution in [-0.2, 0) is 0 Å². The summed E-state index contributed by atoms with van der Waals surface area (Å²) < 4.78 is 1.38. The Bertz CT molecular complexity index is 1200. The van der Waals surface area contributed by atoms with Gasteiger partial charge in [-0.1, -0.05) is 30.3 Å². The first-order chi connectivity index (χ1) is 13.5. The minimum Gasteiger partial charge on any atom is -0.619 e. The normalized spacial score (nSPS) is 10.7. The van der Waals surface area contributed by atoms with Crippen molar-refractivity contribution in [3.8, 4) is 11.4 Å². The molecule has 3 aromatic carbocycles. The Hall–Kier alpha value is -4.13. The van der Waals surface area contributed by atoms with E-state index >= 15 is 0 Å². The minimum atomic E-state index is -0.231. The Kier molecular flexibility index (Phi) is 4.25. The maximum absolute atomic E-state index is 12.3. The van der Waals surface area contributed by atoms with E-state index in [1.54, 1.807) is 60.7 Å². The lowest BCUT2D eigenvalue weighted by molar-refractivity contribution is -0.349. The molecule has 0 aliphatic rings. The van der Waals surface area contributed by atoms with E-state index in [-0.39, 0.29) is 5.91 Å². The number of fused-ring (bicyclic) bond motifs is 1. The van der Waals surface area contributed by atoms with Crippen LogP contribution in [0.4, 0.5) is 11.4 Å². The van der Waals surface area contributed by atoms with Gasteiger partial charge in [0.2, 0.25) is 5.69 Å². The lowest BCUT2D eigenvalue weighted by atomic mass is 10.1. The van der Waals surface area contributed by atoms with Crippen molar-refractivity contribution in [2.24, 2.45) is 0 Å². The first-order valence-electron chi connectivity index (χ1n) is 8.49. The second kappa shape index (κ2) is 6.88. The zero-order chi connectivity index (χ0) is 19.7. The van der Waals surface area contributed by atoms with Crippen LogP contribution in [0.3, 0.4) is 0 Å². The van der Waals surface area contributed by atoms with E-state index < -0.39 is 0 Å². The van der Waals surface area contributed by atoms with Crippen molar-refractivity contribution < 1.29 is 14.7 Å². The van der Waals surface area contributed by atoms with E-state index in [1.165, 1.54) is 6.07 Å². The number of hydrogen-bond acceptors (Lipinski definition) is 4. The Morgan fingerprint density at radius 2 is 1.86 bits per heavy atom. The van der Waals surface area contributed by atoms with Crippen LogP contribution in [0, 0.1) is 5.21 Å². The summed E-state index contributed by atoms with van der Waals surface area (Å²) in [5, 5.41) is 24.8. The maximum Gasteiger partial charge on any atom is 0.255 e. The van der Waals surface area contributed by atoms with Gasteiger partial charge in [0.1, 0.15) is 12.2 Å². The zero-order valence-corrected chi connectivity index (χ0v) is 14.7. The predicted molar refractivity (Wildman–Crippen MR) is 107 cm³/mol. The summed E-state index contributed by atoms with van der Waals surface area (Å²) in [5.41, 5.74) is 2.95. The molecule has 0 radical (unpaired) electrons. The molecule has 0 aliphatic carbocycles. The van der Waals surface area contributed by atoms with Crippen LogP contribution in [0.15, 0.2) is 72.8 Å². The van der Waals surface area contributed by atoms with Gasteiger partial charge in [-0.25, -0.2) is 4.98 Å². The third kappa shape index (κ3) is 3.16. The van der Waals surface area contributed by atoms with Crippen LogP contribution in [0.5, 0.6) is 0 Å². The molecule has 7 nitrogen and oxygen atoms in total. The Morgan fingerprint density at radius 3 is 2.61 bits per heavy atom. The Morgan fingerprint density at radius 1 is 1.07 bits per heavy atom. The summed E-state index contributed by atoms with van der Waals surface area (Å²) in [7, 11) is 0. The molecule has 1 heterocycles. The second-order valence-corrected chi connectivity index (χ2v) is 6.20. The third-order valence-corrected chi connectivity index (χ3v) is 4.32. The minimum absolute atomic E-state index is 0.231. The van der Waals surface area contributed by atoms with Crippen LogP contribution in [0.25, 0.3) is 22.4 Å². The number of nitrogens with one attached hydrogen (secondary N) is 1. The summed E-state index contributed by atoms with van der Waals surface area (Å²) in [5.74, 6) is 0.0651. The van der Waals surface area contributed by atoms with E-state index in [0.717, 1.165) is 4.73 Å². The number of rotatable bonds is 4. The summed E-state index contributed by atoms with van der Waals surface area (Å²) in [4.78, 5) is 16.8. The van der Waals surface area contributed by atoms with Crippen molar-refractivity contribution in [2.45, 2.75) is 0 Å². The molecular weight excluding hydrogens is 356 g/mol. The molecular formula is C21H16N4O3. The lowest BCUT2D eigenvalue weighted by Gasteiger charge is -2.07. The van der Waals surface area contributed by atoms with Gasteiger partial charge in [-0.05, 0) is 30.3 Å². The van der Waals surface area contributed by atoms with E-state index in [9.17, 15) is 15.2 Å². The molecule has 0 aliphatic heterocycles. The van der Waals surface area contributed by atoms with Gasteiger partial charge in [0, 0.05) is 28.9 Å². The number of amides is 1. The molecule has 0 saturated carbocycles. The van der Waals surface area contributed by atoms with Crippen LogP contribution < -0.4 is 5.32 Å². The molecule has 2 N–H and O–H groups in total. The maximum atomic E-state index is 12.3. The smallest absolute Gasteiger partial charge is 0.255 e. The van der Waals surface area contributed by atoms with Crippen molar-refractivity contribution in [1.82, 2.24) is 9.71 Å². The van der Waals surface area contributed by atoms with Crippen molar-refractivity contribution in [3.63, 3.8) is 0 Å². The second-order valence-electron chi connectivity index (χ2n) is 6.20. The van der Waals surface area contributed by atoms with Crippen molar-refractivity contribution in [1.29, 1.82) is 0 Å². The average Bonchev–Trinajstić information content (AvgIpc) is 3.05. The largest absolute Gasteiger partial charge is 0.619 e. The fourth-order valence-electron chi connectivity index (χ4n) is 2.92. The van der Waals surface area contributed by atoms with E-state index in [1.807, 2.05) is 6.07 Å². The molecule has 7 heteroatoms. The Balaban J connectivity index is 1.68. The van der Waals surface area contributed by atoms with Gasteiger partial charge in [0.25, 0.3) is 5.91 Å². The summed E-state index contributed by atoms with van der Waals surface area (Å²) in [6, 6.07) is 20.6. The first-order valence-corrected chi connectivity index (χ1v) is 8.49. The number of imidazole rings is 1. The standard InChI is InChI=1S/C21H16N4O3/c1-24(27)17-10-11-18-19(13-17)25(28)20(23-18)15-8-5-9-16(12-15)22-21(26)14-6-3-2-4-7-14/h2-13,28H,1H2,(H,22,26). The highest BCUT2D eigenvalue weighted by Crippen LogP contribution is 2.27. The molecule has 1 amide bonds. The molecule has 0 fully saturated rings. The number of aromatic nitrogens is 2. The molecule has 1 aromatic heterocycles. The monoisotopic (exact) mass is 372 g/mol. The van der Waals surface area contributed by atoms with Crippen LogP contribution in [0.2, 0.25) is 0 Å².